The Morgan fingerprint density at radius 3 is 1.50 bits per heavy atom. The lowest BCUT2D eigenvalue weighted by atomic mass is 9.88. The highest BCUT2D eigenvalue weighted by atomic mass is 15.2. The summed E-state index contributed by atoms with van der Waals surface area (Å²) in [5.41, 5.74) is 2.93. The number of aryl methyl sites for hydroxylation is 1. The molecule has 3 rings (SSSR count). The largest absolute Gasteiger partial charge is 0.256 e. The molecule has 0 N–H and O–H groups in total. The van der Waals surface area contributed by atoms with Gasteiger partial charge in [-0.05, 0) is 62.5 Å². The molecular weight excluding hydrogens is 605 g/mol. The van der Waals surface area contributed by atoms with Crippen molar-refractivity contribution in [3.63, 3.8) is 0 Å². The predicted octanol–water partition coefficient (Wildman–Crippen LogP) is 14.7. The normalized spacial score (nSPS) is 12.8. The van der Waals surface area contributed by atoms with Crippen LogP contribution in [0.25, 0.3) is 0 Å². The van der Waals surface area contributed by atoms with Crippen LogP contribution in [-0.2, 0) is 19.4 Å². The second-order valence-corrected chi connectivity index (χ2v) is 15.7. The third kappa shape index (κ3) is 18.2. The number of hydrogen-bond donors (Lipinski definition) is 0. The molecule has 0 aliphatic rings. The first-order valence-corrected chi connectivity index (χ1v) is 21.9. The lowest BCUT2D eigenvalue weighted by Gasteiger charge is -2.18. The molecule has 0 aliphatic heterocycles. The van der Waals surface area contributed by atoms with Crippen molar-refractivity contribution < 1.29 is 4.57 Å². The van der Waals surface area contributed by atoms with Crippen LogP contribution in [0.5, 0.6) is 0 Å². The number of benzene rings is 2. The van der Waals surface area contributed by atoms with Gasteiger partial charge in [0.1, 0.15) is 12.4 Å². The Kier molecular flexibility index (Phi) is 23.8. The maximum Gasteiger partial charge on any atom is 0.256 e. The molecule has 2 aromatic carbocycles. The maximum absolute atomic E-state index is 2.67. The van der Waals surface area contributed by atoms with Gasteiger partial charge in [-0.3, -0.25) is 0 Å². The summed E-state index contributed by atoms with van der Waals surface area (Å²) in [6, 6.07) is 23.0. The summed E-state index contributed by atoms with van der Waals surface area (Å²) in [4.78, 5) is 0. The van der Waals surface area contributed by atoms with Crippen LogP contribution < -0.4 is 4.57 Å². The number of rotatable bonds is 32. The zero-order valence-electron chi connectivity index (χ0n) is 33.3. The number of aromatic nitrogens is 2. The number of nitrogens with zero attached hydrogens (tertiary/aromatic N) is 2. The summed E-state index contributed by atoms with van der Waals surface area (Å²) >= 11 is 0. The maximum atomic E-state index is 2.67. The predicted molar refractivity (Wildman–Crippen MR) is 219 cm³/mol. The van der Waals surface area contributed by atoms with Gasteiger partial charge in [0.15, 0.2) is 0 Å². The van der Waals surface area contributed by atoms with Crippen LogP contribution in [0.15, 0.2) is 73.1 Å². The first-order chi connectivity index (χ1) is 24.7. The van der Waals surface area contributed by atoms with Gasteiger partial charge in [-0.2, -0.15) is 0 Å². The lowest BCUT2D eigenvalue weighted by Crippen LogP contribution is -2.38. The van der Waals surface area contributed by atoms with E-state index in [-0.39, 0.29) is 0 Å². The third-order valence-electron chi connectivity index (χ3n) is 11.3. The van der Waals surface area contributed by atoms with Gasteiger partial charge in [0.25, 0.3) is 5.82 Å². The standard InChI is InChI=1S/C48H79N2/c1-4-6-8-10-12-14-16-17-19-21-23-27-33-44(3)50-42-41-49(40-32-24-22-20-18-15-13-11-9-7-5-2)48(50)39-38-47(46-36-30-26-31-37-46)43-45-34-28-25-29-35-45/h25-26,28-31,34-37,41-42,44,47H,4-24,27,32-33,38-40,43H2,1-3H3/q+1. The van der Waals surface area contributed by atoms with Crippen LogP contribution in [0.4, 0.5) is 0 Å². The summed E-state index contributed by atoms with van der Waals surface area (Å²) in [6.07, 6.45) is 42.1. The molecule has 0 amide bonds. The Balaban J connectivity index is 1.51. The summed E-state index contributed by atoms with van der Waals surface area (Å²) < 4.78 is 5.30. The average molecular weight is 684 g/mol. The molecule has 1 aromatic heterocycles. The minimum absolute atomic E-state index is 0.531. The van der Waals surface area contributed by atoms with Gasteiger partial charge in [0.2, 0.25) is 0 Å². The highest BCUT2D eigenvalue weighted by Gasteiger charge is 2.23. The quantitative estimate of drug-likeness (QED) is 0.0457. The Morgan fingerprint density at radius 2 is 0.980 bits per heavy atom. The van der Waals surface area contributed by atoms with Gasteiger partial charge >= 0.3 is 0 Å². The van der Waals surface area contributed by atoms with Gasteiger partial charge in [0, 0.05) is 6.42 Å². The number of hydrogen-bond acceptors (Lipinski definition) is 0. The van der Waals surface area contributed by atoms with E-state index in [2.05, 4.69) is 103 Å². The Morgan fingerprint density at radius 1 is 0.520 bits per heavy atom. The minimum atomic E-state index is 0.531. The number of unbranched alkanes of at least 4 members (excludes halogenated alkanes) is 21. The van der Waals surface area contributed by atoms with Gasteiger partial charge in [-0.1, -0.05) is 203 Å². The fraction of sp³-hybridized carbons (Fsp3) is 0.688. The zero-order valence-corrected chi connectivity index (χ0v) is 33.3. The van der Waals surface area contributed by atoms with E-state index in [0.717, 1.165) is 12.8 Å². The van der Waals surface area contributed by atoms with E-state index in [4.69, 9.17) is 0 Å². The molecule has 2 unspecified atom stereocenters. The third-order valence-corrected chi connectivity index (χ3v) is 11.3. The molecule has 2 nitrogen and oxygen atoms in total. The summed E-state index contributed by atoms with van der Waals surface area (Å²) in [7, 11) is 0. The molecular formula is C48H79N2+. The highest BCUT2D eigenvalue weighted by Crippen LogP contribution is 2.27. The van der Waals surface area contributed by atoms with Crippen molar-refractivity contribution in [3.05, 3.63) is 90.0 Å². The van der Waals surface area contributed by atoms with Gasteiger partial charge < -0.3 is 0 Å². The van der Waals surface area contributed by atoms with Crippen LogP contribution in [0, 0.1) is 0 Å². The van der Waals surface area contributed by atoms with E-state index in [1.54, 1.807) is 5.82 Å². The van der Waals surface area contributed by atoms with Crippen LogP contribution in [0.1, 0.15) is 210 Å². The van der Waals surface area contributed by atoms with Crippen molar-refractivity contribution in [2.24, 2.45) is 0 Å². The summed E-state index contributed by atoms with van der Waals surface area (Å²) in [5, 5.41) is 0. The van der Waals surface area contributed by atoms with Gasteiger partial charge in [-0.15, -0.1) is 0 Å². The van der Waals surface area contributed by atoms with Crippen LogP contribution in [0.2, 0.25) is 0 Å². The lowest BCUT2D eigenvalue weighted by molar-refractivity contribution is -0.704. The molecule has 2 atom stereocenters. The number of imidazole rings is 1. The van der Waals surface area contributed by atoms with E-state index in [1.165, 1.54) is 178 Å². The van der Waals surface area contributed by atoms with E-state index in [1.807, 2.05) is 0 Å². The van der Waals surface area contributed by atoms with Crippen molar-refractivity contribution in [1.29, 1.82) is 0 Å². The van der Waals surface area contributed by atoms with E-state index in [9.17, 15) is 0 Å². The molecule has 1 heterocycles. The van der Waals surface area contributed by atoms with Crippen molar-refractivity contribution in [3.8, 4) is 0 Å². The molecule has 280 valence electrons. The average Bonchev–Trinajstić information content (AvgIpc) is 3.56. The molecule has 0 saturated carbocycles. The Labute approximate surface area is 310 Å². The van der Waals surface area contributed by atoms with Crippen LogP contribution in [0.3, 0.4) is 0 Å². The molecule has 3 aromatic rings. The summed E-state index contributed by atoms with van der Waals surface area (Å²) in [6.45, 7) is 8.27. The van der Waals surface area contributed by atoms with Crippen LogP contribution in [-0.4, -0.2) is 4.57 Å². The molecule has 2 heteroatoms. The fourth-order valence-electron chi connectivity index (χ4n) is 8.03. The zero-order chi connectivity index (χ0) is 35.3. The molecule has 0 radical (unpaired) electrons. The van der Waals surface area contributed by atoms with E-state index < -0.39 is 0 Å². The summed E-state index contributed by atoms with van der Waals surface area (Å²) in [5.74, 6) is 2.08. The smallest absolute Gasteiger partial charge is 0.234 e. The Bertz CT molecular complexity index is 1170. The van der Waals surface area contributed by atoms with Crippen molar-refractivity contribution in [2.75, 3.05) is 0 Å². The van der Waals surface area contributed by atoms with Crippen molar-refractivity contribution >= 4 is 0 Å². The molecule has 0 bridgehead atoms. The van der Waals surface area contributed by atoms with Crippen molar-refractivity contribution in [2.45, 2.75) is 213 Å². The molecule has 50 heavy (non-hydrogen) atoms. The topological polar surface area (TPSA) is 8.81 Å². The van der Waals surface area contributed by atoms with E-state index >= 15 is 0 Å². The fourth-order valence-corrected chi connectivity index (χ4v) is 8.03. The van der Waals surface area contributed by atoms with Crippen LogP contribution >= 0.6 is 0 Å². The Hall–Kier alpha value is -2.35. The SMILES string of the molecule is CCCCCCCCCCCCCCC(C)n1cc[n+](CCCCCCCCCCCCC)c1CCC(Cc1ccccc1)c1ccccc1. The van der Waals surface area contributed by atoms with Gasteiger partial charge in [0.05, 0.1) is 12.6 Å². The van der Waals surface area contributed by atoms with Crippen molar-refractivity contribution in [1.82, 2.24) is 4.57 Å². The second kappa shape index (κ2) is 28.3. The van der Waals surface area contributed by atoms with Gasteiger partial charge in [-0.25, -0.2) is 9.13 Å². The monoisotopic (exact) mass is 684 g/mol. The highest BCUT2D eigenvalue weighted by molar-refractivity contribution is 5.24. The van der Waals surface area contributed by atoms with E-state index in [0.29, 0.717) is 12.0 Å². The molecule has 0 spiro atoms. The molecule has 0 fully saturated rings. The second-order valence-electron chi connectivity index (χ2n) is 15.7. The first kappa shape index (κ1) is 42.1. The minimum Gasteiger partial charge on any atom is -0.234 e. The molecule has 0 saturated heterocycles. The molecule has 0 aliphatic carbocycles. The first-order valence-electron chi connectivity index (χ1n) is 21.9.